The van der Waals surface area contributed by atoms with Crippen LogP contribution in [0.2, 0.25) is 0 Å². The summed E-state index contributed by atoms with van der Waals surface area (Å²) >= 11 is 11.3. The van der Waals surface area contributed by atoms with Crippen molar-refractivity contribution in [3.05, 3.63) is 0 Å². The number of carbonyl (C=O) groups excluding carboxylic acids is 2. The van der Waals surface area contributed by atoms with Gasteiger partial charge in [0.2, 0.25) is 5.91 Å². The summed E-state index contributed by atoms with van der Waals surface area (Å²) < 4.78 is 0. The zero-order valence-electron chi connectivity index (χ0n) is 10.4. The maximum atomic E-state index is 12.0. The summed E-state index contributed by atoms with van der Waals surface area (Å²) in [6, 6.07) is 0. The molecule has 1 saturated heterocycles. The molecule has 0 bridgehead atoms. The van der Waals surface area contributed by atoms with E-state index in [4.69, 9.17) is 23.2 Å². The highest BCUT2D eigenvalue weighted by molar-refractivity contribution is 6.53. The minimum absolute atomic E-state index is 0.0343. The molecule has 0 N–H and O–H groups in total. The summed E-state index contributed by atoms with van der Waals surface area (Å²) in [5, 5.41) is 0. The second-order valence-corrected chi connectivity index (χ2v) is 6.18. The van der Waals surface area contributed by atoms with Crippen LogP contribution < -0.4 is 0 Å². The van der Waals surface area contributed by atoms with Crippen LogP contribution in [0, 0.1) is 5.92 Å². The summed E-state index contributed by atoms with van der Waals surface area (Å²) in [5.74, 6) is -0.0363. The minimum Gasteiger partial charge on any atom is -0.323 e. The molecule has 18 heavy (non-hydrogen) atoms. The van der Waals surface area contributed by atoms with Crippen molar-refractivity contribution in [2.75, 3.05) is 13.6 Å². The van der Waals surface area contributed by atoms with Crippen LogP contribution in [0.1, 0.15) is 32.1 Å². The molecule has 1 aliphatic heterocycles. The molecule has 1 atom stereocenters. The van der Waals surface area contributed by atoms with E-state index < -0.39 is 4.84 Å². The predicted octanol–water partition coefficient (Wildman–Crippen LogP) is 2.00. The lowest BCUT2D eigenvalue weighted by Crippen LogP contribution is -2.48. The second kappa shape index (κ2) is 5.66. The molecule has 2 amide bonds. The normalized spacial score (nSPS) is 26.2. The summed E-state index contributed by atoms with van der Waals surface area (Å²) in [6.45, 7) is 0.104. The van der Waals surface area contributed by atoms with Crippen molar-refractivity contribution < 1.29 is 9.59 Å². The first-order chi connectivity index (χ1) is 8.52. The molecule has 2 rings (SSSR count). The van der Waals surface area contributed by atoms with E-state index in [0.29, 0.717) is 5.92 Å². The molecule has 0 aromatic heterocycles. The monoisotopic (exact) mass is 292 g/mol. The van der Waals surface area contributed by atoms with Crippen LogP contribution in [0.4, 0.5) is 0 Å². The molecule has 1 heterocycles. The van der Waals surface area contributed by atoms with Gasteiger partial charge in [0.05, 0.1) is 0 Å². The Kier molecular flexibility index (Phi) is 4.38. The van der Waals surface area contributed by atoms with Crippen LogP contribution in [0.3, 0.4) is 0 Å². The fourth-order valence-electron chi connectivity index (χ4n) is 3.04. The number of nitrogens with zero attached hydrogens (tertiary/aromatic N) is 2. The van der Waals surface area contributed by atoms with Gasteiger partial charge in [-0.15, -0.1) is 0 Å². The van der Waals surface area contributed by atoms with Gasteiger partial charge in [-0.2, -0.15) is 0 Å². The zero-order valence-corrected chi connectivity index (χ0v) is 12.0. The second-order valence-electron chi connectivity index (χ2n) is 5.08. The average molecular weight is 293 g/mol. The quantitative estimate of drug-likeness (QED) is 0.731. The average Bonchev–Trinajstić information content (AvgIpc) is 2.66. The van der Waals surface area contributed by atoms with Gasteiger partial charge in [-0.1, -0.05) is 42.5 Å². The van der Waals surface area contributed by atoms with Crippen LogP contribution in [0.25, 0.3) is 0 Å². The SMILES string of the molecule is CN1C(=O)CN(C(=O)C(Cl)Cl)C1C1CCCCC1. The Morgan fingerprint density at radius 1 is 1.28 bits per heavy atom. The molecule has 1 unspecified atom stereocenters. The standard InChI is InChI=1S/C12H18Cl2N2O2/c1-15-9(17)7-16(12(18)10(13)14)11(15)8-5-3-2-4-6-8/h8,10-11H,2-7H2,1H3. The maximum Gasteiger partial charge on any atom is 0.257 e. The fourth-order valence-corrected chi connectivity index (χ4v) is 3.29. The summed E-state index contributed by atoms with van der Waals surface area (Å²) in [7, 11) is 1.76. The molecule has 1 saturated carbocycles. The number of likely N-dealkylation sites (N-methyl/N-ethyl adjacent to an activating group) is 1. The van der Waals surface area contributed by atoms with E-state index in [1.807, 2.05) is 0 Å². The molecule has 4 nitrogen and oxygen atoms in total. The van der Waals surface area contributed by atoms with Gasteiger partial charge in [0, 0.05) is 7.05 Å². The van der Waals surface area contributed by atoms with Gasteiger partial charge in [0.1, 0.15) is 12.7 Å². The van der Waals surface area contributed by atoms with Crippen LogP contribution in [0.5, 0.6) is 0 Å². The highest BCUT2D eigenvalue weighted by atomic mass is 35.5. The Morgan fingerprint density at radius 3 is 2.44 bits per heavy atom. The third-order valence-corrected chi connectivity index (χ3v) is 4.33. The van der Waals surface area contributed by atoms with Crippen LogP contribution in [-0.2, 0) is 9.59 Å². The third kappa shape index (κ3) is 2.59. The Morgan fingerprint density at radius 2 is 1.89 bits per heavy atom. The van der Waals surface area contributed by atoms with Crippen molar-refractivity contribution in [2.45, 2.75) is 43.1 Å². The van der Waals surface area contributed by atoms with Crippen molar-refractivity contribution >= 4 is 35.0 Å². The van der Waals surface area contributed by atoms with E-state index in [9.17, 15) is 9.59 Å². The summed E-state index contributed by atoms with van der Waals surface area (Å²) in [6.07, 6.45) is 5.52. The van der Waals surface area contributed by atoms with E-state index >= 15 is 0 Å². The summed E-state index contributed by atoms with van der Waals surface area (Å²) in [4.78, 5) is 25.9. The predicted molar refractivity (Wildman–Crippen MR) is 70.3 cm³/mol. The molecule has 102 valence electrons. The lowest BCUT2D eigenvalue weighted by molar-refractivity contribution is -0.133. The number of halogens is 2. The highest BCUT2D eigenvalue weighted by Crippen LogP contribution is 2.33. The molecule has 2 fully saturated rings. The molecule has 6 heteroatoms. The van der Waals surface area contributed by atoms with Crippen molar-refractivity contribution in [1.82, 2.24) is 9.80 Å². The fraction of sp³-hybridized carbons (Fsp3) is 0.833. The number of alkyl halides is 2. The first kappa shape index (κ1) is 13.9. The topological polar surface area (TPSA) is 40.6 Å². The number of hydrogen-bond donors (Lipinski definition) is 0. The Bertz CT molecular complexity index is 343. The molecule has 0 aromatic carbocycles. The number of carbonyl (C=O) groups is 2. The highest BCUT2D eigenvalue weighted by Gasteiger charge is 2.43. The van der Waals surface area contributed by atoms with E-state index in [-0.39, 0.29) is 24.5 Å². The Balaban J connectivity index is 2.16. The molecule has 0 spiro atoms. The smallest absolute Gasteiger partial charge is 0.257 e. The Labute approximate surface area is 117 Å². The van der Waals surface area contributed by atoms with Crippen molar-refractivity contribution in [3.8, 4) is 0 Å². The first-order valence-electron chi connectivity index (χ1n) is 6.36. The van der Waals surface area contributed by atoms with Gasteiger partial charge in [0.15, 0.2) is 4.84 Å². The largest absolute Gasteiger partial charge is 0.323 e. The third-order valence-electron chi connectivity index (χ3n) is 3.96. The molecular formula is C12H18Cl2N2O2. The number of rotatable bonds is 2. The van der Waals surface area contributed by atoms with Gasteiger partial charge in [-0.05, 0) is 18.8 Å². The summed E-state index contributed by atoms with van der Waals surface area (Å²) in [5.41, 5.74) is 0. The van der Waals surface area contributed by atoms with E-state index in [1.165, 1.54) is 6.42 Å². The first-order valence-corrected chi connectivity index (χ1v) is 7.24. The minimum atomic E-state index is -1.09. The van der Waals surface area contributed by atoms with Crippen molar-refractivity contribution in [3.63, 3.8) is 0 Å². The van der Waals surface area contributed by atoms with E-state index in [2.05, 4.69) is 0 Å². The van der Waals surface area contributed by atoms with E-state index in [0.717, 1.165) is 25.7 Å². The van der Waals surface area contributed by atoms with Gasteiger partial charge in [-0.3, -0.25) is 9.59 Å². The van der Waals surface area contributed by atoms with Crippen LogP contribution in [-0.4, -0.2) is 46.2 Å². The molecular weight excluding hydrogens is 275 g/mol. The van der Waals surface area contributed by atoms with Gasteiger partial charge < -0.3 is 9.80 Å². The van der Waals surface area contributed by atoms with Gasteiger partial charge in [0.25, 0.3) is 5.91 Å². The molecule has 1 aliphatic carbocycles. The number of amides is 2. The van der Waals surface area contributed by atoms with Gasteiger partial charge >= 0.3 is 0 Å². The maximum absolute atomic E-state index is 12.0. The molecule has 0 aromatic rings. The van der Waals surface area contributed by atoms with Crippen molar-refractivity contribution in [1.29, 1.82) is 0 Å². The molecule has 0 radical (unpaired) electrons. The zero-order chi connectivity index (χ0) is 13.3. The number of hydrogen-bond acceptors (Lipinski definition) is 2. The van der Waals surface area contributed by atoms with E-state index in [1.54, 1.807) is 16.8 Å². The molecule has 2 aliphatic rings. The lowest BCUT2D eigenvalue weighted by Gasteiger charge is -2.36. The van der Waals surface area contributed by atoms with Gasteiger partial charge in [-0.25, -0.2) is 0 Å². The lowest BCUT2D eigenvalue weighted by atomic mass is 9.86. The Hall–Kier alpha value is -0.480. The van der Waals surface area contributed by atoms with Crippen LogP contribution in [0.15, 0.2) is 0 Å². The van der Waals surface area contributed by atoms with Crippen molar-refractivity contribution in [2.24, 2.45) is 5.92 Å². The van der Waals surface area contributed by atoms with Crippen LogP contribution >= 0.6 is 23.2 Å².